The van der Waals surface area contributed by atoms with E-state index < -0.39 is 5.97 Å². The molecular weight excluding hydrogens is 238 g/mol. The highest BCUT2D eigenvalue weighted by atomic mass is 16.4. The number of hydrogen-bond acceptors (Lipinski definition) is 1. The smallest absolute Gasteiger partial charge is 0.336 e. The maximum Gasteiger partial charge on any atom is 0.336 e. The number of carboxylic acid groups (broad SMARTS) is 1. The van der Waals surface area contributed by atoms with Crippen LogP contribution in [0.2, 0.25) is 0 Å². The summed E-state index contributed by atoms with van der Waals surface area (Å²) in [7, 11) is 0. The van der Waals surface area contributed by atoms with Crippen LogP contribution in [0.5, 0.6) is 0 Å². The molecule has 0 amide bonds. The summed E-state index contributed by atoms with van der Waals surface area (Å²) in [5, 5.41) is 10.2. The second kappa shape index (κ2) is 4.28. The average Bonchev–Trinajstić information content (AvgIpc) is 2.81. The third kappa shape index (κ3) is 1.99. The van der Waals surface area contributed by atoms with E-state index in [2.05, 4.69) is 4.98 Å². The summed E-state index contributed by atoms with van der Waals surface area (Å²) in [6.45, 7) is 1.82. The fourth-order valence-corrected chi connectivity index (χ4v) is 2.30. The molecule has 19 heavy (non-hydrogen) atoms. The average molecular weight is 251 g/mol. The van der Waals surface area contributed by atoms with Crippen LogP contribution < -0.4 is 0 Å². The molecule has 0 fully saturated rings. The van der Waals surface area contributed by atoms with E-state index in [1.165, 1.54) is 0 Å². The standard InChI is InChI=1S/C16H13NO2/c1-10-7-12-8-14(11-5-3-2-4-6-11)17-15(12)9-13(10)16(18)19/h2-9,17H,1H3,(H,18,19). The molecule has 0 spiro atoms. The molecule has 2 aromatic carbocycles. The molecular formula is C16H13NO2. The number of carbonyl (C=O) groups is 1. The lowest BCUT2D eigenvalue weighted by molar-refractivity contribution is 0.0696. The van der Waals surface area contributed by atoms with E-state index in [9.17, 15) is 4.79 Å². The van der Waals surface area contributed by atoms with Gasteiger partial charge in [-0.05, 0) is 36.2 Å². The summed E-state index contributed by atoms with van der Waals surface area (Å²) in [4.78, 5) is 14.4. The van der Waals surface area contributed by atoms with Gasteiger partial charge in [0, 0.05) is 16.6 Å². The summed E-state index contributed by atoms with van der Waals surface area (Å²) < 4.78 is 0. The Balaban J connectivity index is 2.19. The van der Waals surface area contributed by atoms with Gasteiger partial charge in [0.15, 0.2) is 0 Å². The number of hydrogen-bond donors (Lipinski definition) is 2. The molecule has 2 N–H and O–H groups in total. The number of aryl methyl sites for hydroxylation is 1. The topological polar surface area (TPSA) is 53.1 Å². The highest BCUT2D eigenvalue weighted by Gasteiger charge is 2.10. The van der Waals surface area contributed by atoms with E-state index in [0.29, 0.717) is 5.56 Å². The first-order chi connectivity index (χ1) is 9.15. The van der Waals surface area contributed by atoms with Crippen LogP contribution in [0.4, 0.5) is 0 Å². The van der Waals surface area contributed by atoms with Crippen LogP contribution in [0.1, 0.15) is 15.9 Å². The van der Waals surface area contributed by atoms with E-state index in [-0.39, 0.29) is 0 Å². The summed E-state index contributed by atoms with van der Waals surface area (Å²) in [6.07, 6.45) is 0. The van der Waals surface area contributed by atoms with Crippen LogP contribution in [-0.2, 0) is 0 Å². The monoisotopic (exact) mass is 251 g/mol. The molecule has 3 nitrogen and oxygen atoms in total. The molecule has 1 heterocycles. The number of benzene rings is 2. The van der Waals surface area contributed by atoms with Crippen molar-refractivity contribution in [2.45, 2.75) is 6.92 Å². The highest BCUT2D eigenvalue weighted by Crippen LogP contribution is 2.26. The van der Waals surface area contributed by atoms with Crippen molar-refractivity contribution < 1.29 is 9.90 Å². The van der Waals surface area contributed by atoms with Crippen LogP contribution in [0, 0.1) is 6.92 Å². The number of carboxylic acids is 1. The molecule has 3 heteroatoms. The van der Waals surface area contributed by atoms with Crippen molar-refractivity contribution in [2.75, 3.05) is 0 Å². The Morgan fingerprint density at radius 1 is 1.11 bits per heavy atom. The fraction of sp³-hybridized carbons (Fsp3) is 0.0625. The molecule has 0 bridgehead atoms. The minimum absolute atomic E-state index is 0.342. The number of fused-ring (bicyclic) bond motifs is 1. The molecule has 0 saturated heterocycles. The third-order valence-corrected chi connectivity index (χ3v) is 3.28. The molecule has 0 atom stereocenters. The molecule has 1 aromatic heterocycles. The van der Waals surface area contributed by atoms with Crippen molar-refractivity contribution >= 4 is 16.9 Å². The Labute approximate surface area is 110 Å². The summed E-state index contributed by atoms with van der Waals surface area (Å²) in [6, 6.07) is 15.6. The fourth-order valence-electron chi connectivity index (χ4n) is 2.30. The van der Waals surface area contributed by atoms with Gasteiger partial charge in [-0.1, -0.05) is 30.3 Å². The Hall–Kier alpha value is -2.55. The third-order valence-electron chi connectivity index (χ3n) is 3.28. The first kappa shape index (κ1) is 11.5. The zero-order valence-corrected chi connectivity index (χ0v) is 10.5. The second-order valence-corrected chi connectivity index (χ2v) is 4.61. The number of aromatic nitrogens is 1. The van der Waals surface area contributed by atoms with E-state index in [0.717, 1.165) is 27.7 Å². The van der Waals surface area contributed by atoms with Crippen molar-refractivity contribution in [3.63, 3.8) is 0 Å². The molecule has 3 rings (SSSR count). The van der Waals surface area contributed by atoms with Crippen LogP contribution in [0.15, 0.2) is 48.5 Å². The summed E-state index contributed by atoms with van der Waals surface area (Å²) in [5.41, 5.74) is 4.06. The van der Waals surface area contributed by atoms with Gasteiger partial charge in [-0.15, -0.1) is 0 Å². The molecule has 0 saturated carbocycles. The van der Waals surface area contributed by atoms with Crippen molar-refractivity contribution in [3.05, 3.63) is 59.7 Å². The lowest BCUT2D eigenvalue weighted by Crippen LogP contribution is -1.98. The number of H-pyrrole nitrogens is 1. The molecule has 0 unspecified atom stereocenters. The van der Waals surface area contributed by atoms with Gasteiger partial charge in [0.05, 0.1) is 5.56 Å². The Morgan fingerprint density at radius 2 is 1.84 bits per heavy atom. The van der Waals surface area contributed by atoms with E-state index in [1.807, 2.05) is 49.4 Å². The maximum atomic E-state index is 11.1. The van der Waals surface area contributed by atoms with Gasteiger partial charge in [0.25, 0.3) is 0 Å². The molecule has 0 radical (unpaired) electrons. The predicted molar refractivity (Wildman–Crippen MR) is 75.4 cm³/mol. The van der Waals surface area contributed by atoms with Gasteiger partial charge >= 0.3 is 5.97 Å². The second-order valence-electron chi connectivity index (χ2n) is 4.61. The maximum absolute atomic E-state index is 11.1. The number of rotatable bonds is 2. The largest absolute Gasteiger partial charge is 0.478 e. The first-order valence-electron chi connectivity index (χ1n) is 6.07. The Bertz CT molecular complexity index is 757. The van der Waals surface area contributed by atoms with Crippen LogP contribution in [-0.4, -0.2) is 16.1 Å². The summed E-state index contributed by atoms with van der Waals surface area (Å²) >= 11 is 0. The van der Waals surface area contributed by atoms with Crippen LogP contribution in [0.3, 0.4) is 0 Å². The van der Waals surface area contributed by atoms with Crippen LogP contribution in [0.25, 0.3) is 22.2 Å². The minimum Gasteiger partial charge on any atom is -0.478 e. The molecule has 0 aliphatic carbocycles. The van der Waals surface area contributed by atoms with E-state index >= 15 is 0 Å². The van der Waals surface area contributed by atoms with Gasteiger partial charge < -0.3 is 10.1 Å². The highest BCUT2D eigenvalue weighted by molar-refractivity contribution is 5.96. The van der Waals surface area contributed by atoms with Crippen molar-refractivity contribution in [1.29, 1.82) is 0 Å². The van der Waals surface area contributed by atoms with Gasteiger partial charge in [0.1, 0.15) is 0 Å². The number of nitrogens with one attached hydrogen (secondary N) is 1. The predicted octanol–water partition coefficient (Wildman–Crippen LogP) is 3.84. The van der Waals surface area contributed by atoms with E-state index in [1.54, 1.807) is 6.07 Å². The SMILES string of the molecule is Cc1cc2cc(-c3ccccc3)[nH]c2cc1C(=O)O. The van der Waals surface area contributed by atoms with Gasteiger partial charge in [-0.2, -0.15) is 0 Å². The normalized spacial score (nSPS) is 10.8. The molecule has 0 aliphatic rings. The van der Waals surface area contributed by atoms with Gasteiger partial charge in [-0.25, -0.2) is 4.79 Å². The quantitative estimate of drug-likeness (QED) is 0.727. The van der Waals surface area contributed by atoms with Gasteiger partial charge in [0.2, 0.25) is 0 Å². The number of aromatic amines is 1. The van der Waals surface area contributed by atoms with Crippen molar-refractivity contribution in [3.8, 4) is 11.3 Å². The number of aromatic carboxylic acids is 1. The zero-order chi connectivity index (χ0) is 13.4. The molecule has 0 aliphatic heterocycles. The van der Waals surface area contributed by atoms with Crippen LogP contribution >= 0.6 is 0 Å². The molecule has 3 aromatic rings. The van der Waals surface area contributed by atoms with Crippen molar-refractivity contribution in [1.82, 2.24) is 4.98 Å². The summed E-state index contributed by atoms with van der Waals surface area (Å²) in [5.74, 6) is -0.893. The van der Waals surface area contributed by atoms with Crippen molar-refractivity contribution in [2.24, 2.45) is 0 Å². The van der Waals surface area contributed by atoms with E-state index in [4.69, 9.17) is 5.11 Å². The lowest BCUT2D eigenvalue weighted by Gasteiger charge is -2.00. The van der Waals surface area contributed by atoms with Gasteiger partial charge in [-0.3, -0.25) is 0 Å². The zero-order valence-electron chi connectivity index (χ0n) is 10.5. The first-order valence-corrected chi connectivity index (χ1v) is 6.07. The lowest BCUT2D eigenvalue weighted by atomic mass is 10.1. The Kier molecular flexibility index (Phi) is 2.60. The molecule has 94 valence electrons. The Morgan fingerprint density at radius 3 is 2.53 bits per heavy atom. The minimum atomic E-state index is -0.893.